The fraction of sp³-hybridized carbons (Fsp3) is 0.625. The van der Waals surface area contributed by atoms with Gasteiger partial charge in [0.15, 0.2) is 0 Å². The molecule has 5 heteroatoms. The zero-order chi connectivity index (χ0) is 14.8. The normalized spacial score (nSPS) is 17.9. The lowest BCUT2D eigenvalue weighted by atomic mass is 9.95. The maximum atomic E-state index is 4.69. The molecule has 1 aliphatic carbocycles. The molecule has 0 bridgehead atoms. The van der Waals surface area contributed by atoms with Crippen LogP contribution in [0.15, 0.2) is 12.4 Å². The summed E-state index contributed by atoms with van der Waals surface area (Å²) in [4.78, 5) is 10.4. The molecule has 1 fully saturated rings. The SMILES string of the molecule is Cc1cn(C2CCCCC2)c(NC(C)c2ncc(C)s2)n1. The Hall–Kier alpha value is -1.36. The fourth-order valence-corrected chi connectivity index (χ4v) is 3.86. The third kappa shape index (κ3) is 3.28. The first-order valence-electron chi connectivity index (χ1n) is 7.88. The molecule has 0 aromatic carbocycles. The van der Waals surface area contributed by atoms with Gasteiger partial charge in [0, 0.05) is 23.3 Å². The van der Waals surface area contributed by atoms with Crippen molar-refractivity contribution in [2.24, 2.45) is 0 Å². The molecule has 1 aliphatic rings. The highest BCUT2D eigenvalue weighted by Crippen LogP contribution is 2.32. The van der Waals surface area contributed by atoms with E-state index in [0.717, 1.165) is 16.6 Å². The van der Waals surface area contributed by atoms with Gasteiger partial charge in [-0.25, -0.2) is 9.97 Å². The monoisotopic (exact) mass is 304 g/mol. The van der Waals surface area contributed by atoms with E-state index >= 15 is 0 Å². The van der Waals surface area contributed by atoms with Gasteiger partial charge >= 0.3 is 0 Å². The summed E-state index contributed by atoms with van der Waals surface area (Å²) in [7, 11) is 0. The third-order valence-corrected chi connectivity index (χ3v) is 5.27. The average Bonchev–Trinajstić information content (AvgIpc) is 3.06. The standard InChI is InChI=1S/C16H24N4S/c1-11-10-20(14-7-5-4-6-8-14)16(18-11)19-13(3)15-17-9-12(2)21-15/h9-10,13-14H,4-8H2,1-3H3,(H,18,19). The van der Waals surface area contributed by atoms with Crippen LogP contribution >= 0.6 is 11.3 Å². The predicted molar refractivity (Wildman–Crippen MR) is 88.0 cm³/mol. The molecule has 0 radical (unpaired) electrons. The summed E-state index contributed by atoms with van der Waals surface area (Å²) in [5.74, 6) is 1.000. The molecular formula is C16H24N4S. The maximum Gasteiger partial charge on any atom is 0.203 e. The van der Waals surface area contributed by atoms with E-state index in [1.54, 1.807) is 11.3 Å². The van der Waals surface area contributed by atoms with Crippen LogP contribution in [0.3, 0.4) is 0 Å². The van der Waals surface area contributed by atoms with Crippen molar-refractivity contribution in [3.63, 3.8) is 0 Å². The first kappa shape index (κ1) is 14.6. The molecule has 1 N–H and O–H groups in total. The Kier molecular flexibility index (Phi) is 4.29. The van der Waals surface area contributed by atoms with Crippen molar-refractivity contribution in [2.75, 3.05) is 5.32 Å². The van der Waals surface area contributed by atoms with Crippen LogP contribution in [0.4, 0.5) is 5.95 Å². The largest absolute Gasteiger partial charge is 0.347 e. The zero-order valence-electron chi connectivity index (χ0n) is 13.1. The number of hydrogen-bond acceptors (Lipinski definition) is 4. The number of aromatic nitrogens is 3. The number of thiazole rings is 1. The van der Waals surface area contributed by atoms with Crippen LogP contribution in [0.2, 0.25) is 0 Å². The first-order chi connectivity index (χ1) is 10.1. The summed E-state index contributed by atoms with van der Waals surface area (Å²) in [5.41, 5.74) is 1.09. The first-order valence-corrected chi connectivity index (χ1v) is 8.69. The van der Waals surface area contributed by atoms with E-state index in [-0.39, 0.29) is 6.04 Å². The van der Waals surface area contributed by atoms with Gasteiger partial charge in [-0.1, -0.05) is 19.3 Å². The lowest BCUT2D eigenvalue weighted by molar-refractivity contribution is 0.355. The minimum Gasteiger partial charge on any atom is -0.347 e. The van der Waals surface area contributed by atoms with Crippen molar-refractivity contribution in [1.82, 2.24) is 14.5 Å². The molecule has 0 amide bonds. The number of hydrogen-bond donors (Lipinski definition) is 1. The van der Waals surface area contributed by atoms with Crippen LogP contribution in [0, 0.1) is 13.8 Å². The van der Waals surface area contributed by atoms with E-state index in [1.807, 2.05) is 6.20 Å². The number of rotatable bonds is 4. The van der Waals surface area contributed by atoms with E-state index < -0.39 is 0 Å². The number of aryl methyl sites for hydroxylation is 2. The van der Waals surface area contributed by atoms with E-state index in [0.29, 0.717) is 6.04 Å². The Bertz CT molecular complexity index is 595. The Morgan fingerprint density at radius 1 is 1.29 bits per heavy atom. The van der Waals surface area contributed by atoms with Gasteiger partial charge in [-0.2, -0.15) is 0 Å². The lowest BCUT2D eigenvalue weighted by Crippen LogP contribution is -2.17. The summed E-state index contributed by atoms with van der Waals surface area (Å²) in [6.45, 7) is 6.33. The van der Waals surface area contributed by atoms with Crippen LogP contribution < -0.4 is 5.32 Å². The Labute approximate surface area is 130 Å². The van der Waals surface area contributed by atoms with Crippen LogP contribution in [0.5, 0.6) is 0 Å². The lowest BCUT2D eigenvalue weighted by Gasteiger charge is -2.25. The van der Waals surface area contributed by atoms with Crippen molar-refractivity contribution in [1.29, 1.82) is 0 Å². The van der Waals surface area contributed by atoms with Crippen molar-refractivity contribution >= 4 is 17.3 Å². The molecule has 1 saturated carbocycles. The summed E-state index contributed by atoms with van der Waals surface area (Å²) >= 11 is 1.75. The van der Waals surface area contributed by atoms with Crippen molar-refractivity contribution in [3.8, 4) is 0 Å². The van der Waals surface area contributed by atoms with Gasteiger partial charge in [0.1, 0.15) is 5.01 Å². The van der Waals surface area contributed by atoms with E-state index in [2.05, 4.69) is 46.8 Å². The highest BCUT2D eigenvalue weighted by Gasteiger charge is 2.20. The van der Waals surface area contributed by atoms with Gasteiger partial charge in [-0.15, -0.1) is 11.3 Å². The molecule has 21 heavy (non-hydrogen) atoms. The number of anilines is 1. The van der Waals surface area contributed by atoms with Crippen LogP contribution in [0.1, 0.15) is 66.7 Å². The average molecular weight is 304 g/mol. The van der Waals surface area contributed by atoms with Gasteiger partial charge in [0.05, 0.1) is 11.7 Å². The van der Waals surface area contributed by atoms with Crippen molar-refractivity contribution in [3.05, 3.63) is 28.0 Å². The molecule has 2 aromatic rings. The number of nitrogens with one attached hydrogen (secondary N) is 1. The minimum atomic E-state index is 0.202. The molecule has 114 valence electrons. The Morgan fingerprint density at radius 3 is 2.71 bits per heavy atom. The van der Waals surface area contributed by atoms with Gasteiger partial charge in [0.2, 0.25) is 5.95 Å². The van der Waals surface area contributed by atoms with Crippen molar-refractivity contribution < 1.29 is 0 Å². The highest BCUT2D eigenvalue weighted by atomic mass is 32.1. The topological polar surface area (TPSA) is 42.7 Å². The van der Waals surface area contributed by atoms with Gasteiger partial charge in [0.25, 0.3) is 0 Å². The summed E-state index contributed by atoms with van der Waals surface area (Å²) < 4.78 is 2.35. The molecule has 3 rings (SSSR count). The summed E-state index contributed by atoms with van der Waals surface area (Å²) in [6, 6.07) is 0.806. The fourth-order valence-electron chi connectivity index (χ4n) is 3.09. The summed E-state index contributed by atoms with van der Waals surface area (Å²) in [6.07, 6.45) is 10.7. The molecule has 2 aromatic heterocycles. The number of imidazole rings is 1. The molecule has 0 spiro atoms. The summed E-state index contributed by atoms with van der Waals surface area (Å²) in [5, 5.41) is 4.69. The second kappa shape index (κ2) is 6.18. The predicted octanol–water partition coefficient (Wildman–Crippen LogP) is 4.63. The molecule has 2 heterocycles. The second-order valence-electron chi connectivity index (χ2n) is 6.08. The molecule has 0 saturated heterocycles. The maximum absolute atomic E-state index is 4.69. The van der Waals surface area contributed by atoms with E-state index in [9.17, 15) is 0 Å². The van der Waals surface area contributed by atoms with Crippen LogP contribution in [0.25, 0.3) is 0 Å². The van der Waals surface area contributed by atoms with Crippen LogP contribution in [-0.2, 0) is 0 Å². The van der Waals surface area contributed by atoms with Crippen LogP contribution in [-0.4, -0.2) is 14.5 Å². The molecule has 0 aliphatic heterocycles. The van der Waals surface area contributed by atoms with Gasteiger partial charge in [-0.3, -0.25) is 0 Å². The Balaban J connectivity index is 1.78. The van der Waals surface area contributed by atoms with Gasteiger partial charge in [-0.05, 0) is 33.6 Å². The quantitative estimate of drug-likeness (QED) is 0.895. The highest BCUT2D eigenvalue weighted by molar-refractivity contribution is 7.11. The second-order valence-corrected chi connectivity index (χ2v) is 7.35. The molecule has 1 atom stereocenters. The van der Waals surface area contributed by atoms with E-state index in [1.165, 1.54) is 37.0 Å². The van der Waals surface area contributed by atoms with E-state index in [4.69, 9.17) is 0 Å². The minimum absolute atomic E-state index is 0.202. The Morgan fingerprint density at radius 2 is 2.05 bits per heavy atom. The molecular weight excluding hydrogens is 280 g/mol. The molecule has 4 nitrogen and oxygen atoms in total. The number of nitrogens with zero attached hydrogens (tertiary/aromatic N) is 3. The third-order valence-electron chi connectivity index (χ3n) is 4.18. The molecule has 1 unspecified atom stereocenters. The van der Waals surface area contributed by atoms with Gasteiger partial charge < -0.3 is 9.88 Å². The zero-order valence-corrected chi connectivity index (χ0v) is 13.9. The van der Waals surface area contributed by atoms with Crippen molar-refractivity contribution in [2.45, 2.75) is 65.0 Å². The smallest absolute Gasteiger partial charge is 0.203 e.